The molecule has 2 nitrogen and oxygen atoms in total. The summed E-state index contributed by atoms with van der Waals surface area (Å²) in [4.78, 5) is 12.4. The molecular weight excluding hydrogens is 222 g/mol. The van der Waals surface area contributed by atoms with Crippen LogP contribution in [0.1, 0.15) is 47.9 Å². The van der Waals surface area contributed by atoms with E-state index >= 15 is 0 Å². The van der Waals surface area contributed by atoms with Crippen molar-refractivity contribution < 1.29 is 4.79 Å². The van der Waals surface area contributed by atoms with Gasteiger partial charge in [0.05, 0.1) is 5.54 Å². The van der Waals surface area contributed by atoms with Gasteiger partial charge >= 0.3 is 0 Å². The Hall–Kier alpha value is -1.15. The van der Waals surface area contributed by atoms with Gasteiger partial charge in [0.1, 0.15) is 0 Å². The van der Waals surface area contributed by atoms with Crippen LogP contribution in [0, 0.1) is 20.8 Å². The molecule has 98 valence electrons. The highest BCUT2D eigenvalue weighted by atomic mass is 16.1. The van der Waals surface area contributed by atoms with Crippen molar-refractivity contribution in [2.24, 2.45) is 5.73 Å². The molecule has 1 saturated carbocycles. The number of benzene rings is 1. The van der Waals surface area contributed by atoms with E-state index in [1.165, 1.54) is 22.3 Å². The second-order valence-electron chi connectivity index (χ2n) is 5.84. The first kappa shape index (κ1) is 13.3. The lowest BCUT2D eigenvalue weighted by Crippen LogP contribution is -2.46. The van der Waals surface area contributed by atoms with Crippen molar-refractivity contribution in [1.82, 2.24) is 0 Å². The van der Waals surface area contributed by atoms with Gasteiger partial charge < -0.3 is 5.73 Å². The van der Waals surface area contributed by atoms with Gasteiger partial charge in [0, 0.05) is 6.42 Å². The summed E-state index contributed by atoms with van der Waals surface area (Å²) in [7, 11) is 0. The van der Waals surface area contributed by atoms with Crippen LogP contribution in [0.25, 0.3) is 0 Å². The van der Waals surface area contributed by atoms with E-state index in [0.29, 0.717) is 6.42 Å². The number of ketones is 1. The zero-order valence-corrected chi connectivity index (χ0v) is 11.7. The van der Waals surface area contributed by atoms with Gasteiger partial charge in [-0.25, -0.2) is 0 Å². The lowest BCUT2D eigenvalue weighted by molar-refractivity contribution is -0.123. The van der Waals surface area contributed by atoms with Crippen molar-refractivity contribution in [3.05, 3.63) is 34.4 Å². The lowest BCUT2D eigenvalue weighted by atomic mass is 9.86. The second kappa shape index (κ2) is 4.85. The summed E-state index contributed by atoms with van der Waals surface area (Å²) >= 11 is 0. The summed E-state index contributed by atoms with van der Waals surface area (Å²) in [5, 5.41) is 0. The molecule has 1 aliphatic carbocycles. The van der Waals surface area contributed by atoms with Crippen molar-refractivity contribution in [2.45, 2.75) is 58.4 Å². The second-order valence-corrected chi connectivity index (χ2v) is 5.84. The van der Waals surface area contributed by atoms with Crippen molar-refractivity contribution in [3.8, 4) is 0 Å². The van der Waals surface area contributed by atoms with Crippen LogP contribution >= 0.6 is 0 Å². The van der Waals surface area contributed by atoms with Crippen LogP contribution in [-0.4, -0.2) is 11.3 Å². The monoisotopic (exact) mass is 245 g/mol. The van der Waals surface area contributed by atoms with E-state index in [4.69, 9.17) is 5.73 Å². The van der Waals surface area contributed by atoms with Crippen LogP contribution in [0.5, 0.6) is 0 Å². The fourth-order valence-corrected chi connectivity index (χ4v) is 3.11. The van der Waals surface area contributed by atoms with Crippen LogP contribution < -0.4 is 5.73 Å². The third kappa shape index (κ3) is 2.49. The Labute approximate surface area is 110 Å². The maximum atomic E-state index is 12.4. The van der Waals surface area contributed by atoms with Crippen LogP contribution in [0.4, 0.5) is 0 Å². The first-order valence-electron chi connectivity index (χ1n) is 6.81. The summed E-state index contributed by atoms with van der Waals surface area (Å²) in [5.41, 5.74) is 10.5. The Bertz CT molecular complexity index is 447. The Morgan fingerprint density at radius 1 is 1.17 bits per heavy atom. The molecule has 0 spiro atoms. The quantitative estimate of drug-likeness (QED) is 0.889. The molecule has 0 aromatic heterocycles. The zero-order valence-electron chi connectivity index (χ0n) is 11.7. The van der Waals surface area contributed by atoms with Gasteiger partial charge in [-0.3, -0.25) is 4.79 Å². The van der Waals surface area contributed by atoms with E-state index < -0.39 is 5.54 Å². The molecule has 0 atom stereocenters. The van der Waals surface area contributed by atoms with Crippen LogP contribution in [0.3, 0.4) is 0 Å². The Kier molecular flexibility index (Phi) is 3.58. The molecule has 0 saturated heterocycles. The number of aryl methyl sites for hydroxylation is 3. The minimum Gasteiger partial charge on any atom is -0.319 e. The van der Waals surface area contributed by atoms with Gasteiger partial charge in [-0.2, -0.15) is 0 Å². The molecule has 1 aromatic rings. The zero-order chi connectivity index (χ0) is 13.3. The minimum absolute atomic E-state index is 0.218. The average Bonchev–Trinajstić information content (AvgIpc) is 2.71. The smallest absolute Gasteiger partial charge is 0.157 e. The van der Waals surface area contributed by atoms with E-state index in [0.717, 1.165) is 25.7 Å². The molecule has 18 heavy (non-hydrogen) atoms. The van der Waals surface area contributed by atoms with Gasteiger partial charge in [0.15, 0.2) is 5.78 Å². The summed E-state index contributed by atoms with van der Waals surface area (Å²) in [6.45, 7) is 6.26. The third-order valence-electron chi connectivity index (χ3n) is 4.23. The van der Waals surface area contributed by atoms with Crippen molar-refractivity contribution in [1.29, 1.82) is 0 Å². The van der Waals surface area contributed by atoms with E-state index in [1.54, 1.807) is 0 Å². The highest BCUT2D eigenvalue weighted by molar-refractivity contribution is 5.90. The molecule has 0 heterocycles. The molecule has 2 rings (SSSR count). The van der Waals surface area contributed by atoms with E-state index in [2.05, 4.69) is 32.9 Å². The average molecular weight is 245 g/mol. The molecule has 2 N–H and O–H groups in total. The topological polar surface area (TPSA) is 43.1 Å². The fraction of sp³-hybridized carbons (Fsp3) is 0.562. The number of nitrogens with two attached hydrogens (primary N) is 1. The molecule has 0 unspecified atom stereocenters. The van der Waals surface area contributed by atoms with Crippen LogP contribution in [0.2, 0.25) is 0 Å². The number of carbonyl (C=O) groups is 1. The highest BCUT2D eigenvalue weighted by Crippen LogP contribution is 2.30. The predicted molar refractivity (Wildman–Crippen MR) is 74.8 cm³/mol. The molecule has 0 aliphatic heterocycles. The minimum atomic E-state index is -0.552. The maximum absolute atomic E-state index is 12.4. The highest BCUT2D eigenvalue weighted by Gasteiger charge is 2.36. The van der Waals surface area contributed by atoms with Gasteiger partial charge in [0.2, 0.25) is 0 Å². The lowest BCUT2D eigenvalue weighted by Gasteiger charge is -2.23. The SMILES string of the molecule is Cc1cc(C)c(CC(=O)C2(N)CCCC2)c(C)c1. The van der Waals surface area contributed by atoms with Crippen LogP contribution in [-0.2, 0) is 11.2 Å². The molecule has 1 fully saturated rings. The molecular formula is C16H23NO. The molecule has 2 heteroatoms. The Morgan fingerprint density at radius 3 is 2.17 bits per heavy atom. The first-order chi connectivity index (χ1) is 8.42. The summed E-state index contributed by atoms with van der Waals surface area (Å²) in [6, 6.07) is 4.29. The third-order valence-corrected chi connectivity index (χ3v) is 4.23. The number of carbonyl (C=O) groups excluding carboxylic acids is 1. The molecule has 0 bridgehead atoms. The van der Waals surface area contributed by atoms with Gasteiger partial charge in [-0.05, 0) is 50.3 Å². The standard InChI is InChI=1S/C16H23NO/c1-11-8-12(2)14(13(3)9-11)10-15(18)16(17)6-4-5-7-16/h8-9H,4-7,10,17H2,1-3H3. The molecule has 0 radical (unpaired) electrons. The largest absolute Gasteiger partial charge is 0.319 e. The van der Waals surface area contributed by atoms with Gasteiger partial charge in [0.25, 0.3) is 0 Å². The van der Waals surface area contributed by atoms with Crippen molar-refractivity contribution in [3.63, 3.8) is 0 Å². The van der Waals surface area contributed by atoms with Gasteiger partial charge in [-0.15, -0.1) is 0 Å². The van der Waals surface area contributed by atoms with Crippen molar-refractivity contribution in [2.75, 3.05) is 0 Å². The normalized spacial score (nSPS) is 18.0. The number of Topliss-reactive ketones (excluding diaryl/α,β-unsaturated/α-hetero) is 1. The molecule has 1 aromatic carbocycles. The van der Waals surface area contributed by atoms with E-state index in [1.807, 2.05) is 0 Å². The van der Waals surface area contributed by atoms with E-state index in [-0.39, 0.29) is 5.78 Å². The van der Waals surface area contributed by atoms with E-state index in [9.17, 15) is 4.79 Å². The maximum Gasteiger partial charge on any atom is 0.157 e. The Balaban J connectivity index is 2.22. The molecule has 1 aliphatic rings. The first-order valence-corrected chi connectivity index (χ1v) is 6.81. The van der Waals surface area contributed by atoms with Gasteiger partial charge in [-0.1, -0.05) is 30.5 Å². The summed E-state index contributed by atoms with van der Waals surface area (Å²) < 4.78 is 0. The number of rotatable bonds is 3. The fourth-order valence-electron chi connectivity index (χ4n) is 3.11. The number of hydrogen-bond donors (Lipinski definition) is 1. The Morgan fingerprint density at radius 2 is 1.67 bits per heavy atom. The summed E-state index contributed by atoms with van der Waals surface area (Å²) in [6.07, 6.45) is 4.39. The van der Waals surface area contributed by atoms with Crippen LogP contribution in [0.15, 0.2) is 12.1 Å². The summed E-state index contributed by atoms with van der Waals surface area (Å²) in [5.74, 6) is 0.218. The molecule has 0 amide bonds. The number of hydrogen-bond acceptors (Lipinski definition) is 2. The van der Waals surface area contributed by atoms with Crippen molar-refractivity contribution >= 4 is 5.78 Å². The predicted octanol–water partition coefficient (Wildman–Crippen LogP) is 2.99.